The van der Waals surface area contributed by atoms with Crippen LogP contribution in [0.25, 0.3) is 0 Å². The van der Waals surface area contributed by atoms with Crippen molar-refractivity contribution in [1.29, 1.82) is 0 Å². The average Bonchev–Trinajstić information content (AvgIpc) is 3.15. The third-order valence-corrected chi connectivity index (χ3v) is 8.64. The highest BCUT2D eigenvalue weighted by Gasteiger charge is 2.13. The summed E-state index contributed by atoms with van der Waals surface area (Å²) in [5.74, 6) is -0.248. The van der Waals surface area contributed by atoms with Crippen molar-refractivity contribution in [2.45, 2.75) is 180 Å². The number of unbranched alkanes of at least 4 members (excludes halogenated alkanes) is 14. The molecule has 0 amide bonds. The molecule has 4 nitrogen and oxygen atoms in total. The Kier molecular flexibility index (Phi) is 42.2. The number of carbonyl (C=O) groups excluding carboxylic acids is 1. The lowest BCUT2D eigenvalue weighted by molar-refractivity contribution is -0.154. The van der Waals surface area contributed by atoms with Gasteiger partial charge in [0.1, 0.15) is 6.10 Å². The lowest BCUT2D eigenvalue weighted by Crippen LogP contribution is -2.27. The molecule has 1 atom stereocenters. The van der Waals surface area contributed by atoms with Gasteiger partial charge in [0.25, 0.3) is 0 Å². The van der Waals surface area contributed by atoms with Crippen molar-refractivity contribution >= 4 is 5.97 Å². The lowest BCUT2D eigenvalue weighted by atomic mass is 10.1. The van der Waals surface area contributed by atoms with Gasteiger partial charge in [-0.05, 0) is 96.3 Å². The largest absolute Gasteiger partial charge is 0.457 e. The van der Waals surface area contributed by atoms with Crippen LogP contribution >= 0.6 is 0 Å². The molecule has 1 N–H and O–H groups in total. The quantitative estimate of drug-likeness (QED) is 0.0392. The van der Waals surface area contributed by atoms with Crippen LogP contribution in [0.5, 0.6) is 0 Å². The second kappa shape index (κ2) is 44.5. The molecule has 0 heterocycles. The van der Waals surface area contributed by atoms with Crippen molar-refractivity contribution < 1.29 is 19.4 Å². The third kappa shape index (κ3) is 41.7. The molecule has 52 heavy (non-hydrogen) atoms. The van der Waals surface area contributed by atoms with Gasteiger partial charge >= 0.3 is 5.97 Å². The molecular formula is C48H80O4. The highest BCUT2D eigenvalue weighted by molar-refractivity contribution is 5.69. The van der Waals surface area contributed by atoms with Crippen LogP contribution in [0.4, 0.5) is 0 Å². The highest BCUT2D eigenvalue weighted by Crippen LogP contribution is 2.11. The van der Waals surface area contributed by atoms with Crippen molar-refractivity contribution in [3.05, 3.63) is 97.2 Å². The molecule has 296 valence electrons. The van der Waals surface area contributed by atoms with E-state index in [-0.39, 0.29) is 19.2 Å². The number of aliphatic hydroxyl groups excluding tert-OH is 1. The minimum absolute atomic E-state index is 0.198. The molecule has 0 saturated carbocycles. The molecule has 0 radical (unpaired) electrons. The molecule has 4 heteroatoms. The van der Waals surface area contributed by atoms with Gasteiger partial charge in [-0.2, -0.15) is 0 Å². The topological polar surface area (TPSA) is 55.8 Å². The highest BCUT2D eigenvalue weighted by atomic mass is 16.6. The number of rotatable bonds is 38. The summed E-state index contributed by atoms with van der Waals surface area (Å²) < 4.78 is 11.1. The van der Waals surface area contributed by atoms with E-state index in [0.29, 0.717) is 13.0 Å². The number of aliphatic hydroxyl groups is 1. The van der Waals surface area contributed by atoms with Crippen LogP contribution < -0.4 is 0 Å². The molecule has 0 bridgehead atoms. The molecule has 0 fully saturated rings. The van der Waals surface area contributed by atoms with Crippen molar-refractivity contribution in [3.8, 4) is 0 Å². The number of ether oxygens (including phenoxy) is 2. The zero-order valence-corrected chi connectivity index (χ0v) is 33.8. The molecule has 0 aromatic rings. The number of carbonyl (C=O) groups is 1. The Hall–Kier alpha value is -2.69. The monoisotopic (exact) mass is 721 g/mol. The first-order chi connectivity index (χ1) is 25.7. The van der Waals surface area contributed by atoms with E-state index in [0.717, 1.165) is 77.0 Å². The molecule has 0 rings (SSSR count). The molecule has 1 unspecified atom stereocenters. The zero-order chi connectivity index (χ0) is 37.7. The maximum atomic E-state index is 12.2. The Bertz CT molecular complexity index is 980. The van der Waals surface area contributed by atoms with Crippen LogP contribution in [0.2, 0.25) is 0 Å². The number of hydrogen-bond acceptors (Lipinski definition) is 4. The Labute approximate surface area is 322 Å². The lowest BCUT2D eigenvalue weighted by Gasteiger charge is -2.15. The summed E-state index contributed by atoms with van der Waals surface area (Å²) in [6.45, 7) is 5.14. The summed E-state index contributed by atoms with van der Waals surface area (Å²) >= 11 is 0. The van der Waals surface area contributed by atoms with Gasteiger partial charge in [-0.15, -0.1) is 0 Å². The van der Waals surface area contributed by atoms with E-state index in [2.05, 4.69) is 111 Å². The first kappa shape index (κ1) is 49.3. The Morgan fingerprint density at radius 2 is 0.865 bits per heavy atom. The van der Waals surface area contributed by atoms with Crippen LogP contribution in [0, 0.1) is 0 Å². The van der Waals surface area contributed by atoms with Crippen molar-refractivity contribution in [3.63, 3.8) is 0 Å². The van der Waals surface area contributed by atoms with Crippen molar-refractivity contribution in [2.24, 2.45) is 0 Å². The fourth-order valence-corrected chi connectivity index (χ4v) is 5.48. The first-order valence-electron chi connectivity index (χ1n) is 21.3. The Morgan fingerprint density at radius 3 is 1.31 bits per heavy atom. The standard InChI is InChI=1S/C48H80O4/c1-3-5-7-9-11-13-15-17-19-21-23-24-25-27-29-31-33-35-37-39-41-43-48(50)52-47(45-49)46-51-44-42-40-38-36-34-32-30-28-26-22-20-18-16-14-12-10-8-6-4-2/h5,7,11,13-14,16-17,19-20,22-24,27,29,33,35,47,49H,3-4,6,8-10,12,15,18,21,25-26,28,30-32,34,36-46H2,1-2H3/b7-5-,13-11-,16-14-,19-17-,22-20-,24-23-,29-27-,35-33-. The van der Waals surface area contributed by atoms with Crippen molar-refractivity contribution in [1.82, 2.24) is 0 Å². The summed E-state index contributed by atoms with van der Waals surface area (Å²) in [4.78, 5) is 12.2. The van der Waals surface area contributed by atoms with Crippen LogP contribution in [-0.4, -0.2) is 37.0 Å². The minimum atomic E-state index is -0.567. The Balaban J connectivity index is 3.58. The first-order valence-corrected chi connectivity index (χ1v) is 21.3. The second-order valence-electron chi connectivity index (χ2n) is 13.7. The summed E-state index contributed by atoms with van der Waals surface area (Å²) in [5.41, 5.74) is 0. The maximum Gasteiger partial charge on any atom is 0.306 e. The van der Waals surface area contributed by atoms with E-state index in [1.807, 2.05) is 0 Å². The van der Waals surface area contributed by atoms with E-state index in [1.54, 1.807) is 0 Å². The smallest absolute Gasteiger partial charge is 0.306 e. The summed E-state index contributed by atoms with van der Waals surface area (Å²) in [7, 11) is 0. The van der Waals surface area contributed by atoms with E-state index in [4.69, 9.17) is 9.47 Å². The summed E-state index contributed by atoms with van der Waals surface area (Å²) in [5, 5.41) is 9.60. The van der Waals surface area contributed by atoms with E-state index in [1.165, 1.54) is 77.0 Å². The van der Waals surface area contributed by atoms with E-state index >= 15 is 0 Å². The zero-order valence-electron chi connectivity index (χ0n) is 33.8. The van der Waals surface area contributed by atoms with E-state index < -0.39 is 6.10 Å². The predicted molar refractivity (Wildman–Crippen MR) is 228 cm³/mol. The molecule has 0 saturated heterocycles. The van der Waals surface area contributed by atoms with Gasteiger partial charge in [-0.1, -0.05) is 169 Å². The fourth-order valence-electron chi connectivity index (χ4n) is 5.48. The molecule has 0 aliphatic carbocycles. The van der Waals surface area contributed by atoms with E-state index in [9.17, 15) is 9.90 Å². The molecule has 0 aromatic carbocycles. The van der Waals surface area contributed by atoms with Crippen molar-refractivity contribution in [2.75, 3.05) is 19.8 Å². The maximum absolute atomic E-state index is 12.2. The summed E-state index contributed by atoms with van der Waals surface area (Å²) in [6, 6.07) is 0. The predicted octanol–water partition coefficient (Wildman–Crippen LogP) is 14.1. The minimum Gasteiger partial charge on any atom is -0.457 e. The summed E-state index contributed by atoms with van der Waals surface area (Å²) in [6.07, 6.45) is 63.2. The van der Waals surface area contributed by atoms with Gasteiger partial charge < -0.3 is 14.6 Å². The van der Waals surface area contributed by atoms with Gasteiger partial charge in [0.2, 0.25) is 0 Å². The average molecular weight is 721 g/mol. The van der Waals surface area contributed by atoms with Crippen LogP contribution in [0.15, 0.2) is 97.2 Å². The molecular weight excluding hydrogens is 641 g/mol. The van der Waals surface area contributed by atoms with Gasteiger partial charge in [-0.25, -0.2) is 0 Å². The van der Waals surface area contributed by atoms with Gasteiger partial charge in [0.15, 0.2) is 0 Å². The number of allylic oxidation sites excluding steroid dienone is 16. The Morgan fingerprint density at radius 1 is 0.481 bits per heavy atom. The fraction of sp³-hybridized carbons (Fsp3) is 0.646. The van der Waals surface area contributed by atoms with Gasteiger partial charge in [-0.3, -0.25) is 4.79 Å². The molecule has 0 aromatic heterocycles. The van der Waals surface area contributed by atoms with Gasteiger partial charge in [0, 0.05) is 13.0 Å². The van der Waals surface area contributed by atoms with Crippen LogP contribution in [-0.2, 0) is 14.3 Å². The normalized spacial score (nSPS) is 13.4. The second-order valence-corrected chi connectivity index (χ2v) is 13.7. The van der Waals surface area contributed by atoms with Gasteiger partial charge in [0.05, 0.1) is 13.2 Å². The van der Waals surface area contributed by atoms with Crippen LogP contribution in [0.3, 0.4) is 0 Å². The number of esters is 1. The molecule has 0 spiro atoms. The molecule has 0 aliphatic rings. The molecule has 0 aliphatic heterocycles. The van der Waals surface area contributed by atoms with Crippen LogP contribution in [0.1, 0.15) is 174 Å². The third-order valence-electron chi connectivity index (χ3n) is 8.64. The SMILES string of the molecule is CC/C=C\C/C=C\C/C=C\C/C=C\C/C=C\C/C=C\CCCCC(=O)OC(CO)COCCCCCCCCCC/C=C\C/C=C\CCCCCC. The number of hydrogen-bond donors (Lipinski definition) is 1.